The van der Waals surface area contributed by atoms with E-state index < -0.39 is 0 Å². The summed E-state index contributed by atoms with van der Waals surface area (Å²) in [6, 6.07) is 7.41. The highest BCUT2D eigenvalue weighted by atomic mass is 35.5. The number of Topliss-reactive ketones (excluding diaryl/α,β-unsaturated/α-hetero) is 1. The van der Waals surface area contributed by atoms with Crippen molar-refractivity contribution in [2.24, 2.45) is 0 Å². The van der Waals surface area contributed by atoms with Gasteiger partial charge in [0.1, 0.15) is 0 Å². The van der Waals surface area contributed by atoms with E-state index >= 15 is 0 Å². The second-order valence-electron chi connectivity index (χ2n) is 4.47. The van der Waals surface area contributed by atoms with Crippen LogP contribution in [-0.2, 0) is 0 Å². The van der Waals surface area contributed by atoms with E-state index in [2.05, 4.69) is 18.7 Å². The first-order valence-electron chi connectivity index (χ1n) is 5.99. The van der Waals surface area contributed by atoms with E-state index in [0.29, 0.717) is 16.6 Å². The Morgan fingerprint density at radius 3 is 2.59 bits per heavy atom. The first-order valence-corrected chi connectivity index (χ1v) is 6.36. The van der Waals surface area contributed by atoms with Crippen molar-refractivity contribution < 1.29 is 4.79 Å². The van der Waals surface area contributed by atoms with Gasteiger partial charge in [-0.05, 0) is 39.4 Å². The molecule has 0 aliphatic carbocycles. The number of rotatable bonds is 5. The van der Waals surface area contributed by atoms with E-state index in [9.17, 15) is 4.79 Å². The van der Waals surface area contributed by atoms with Gasteiger partial charge >= 0.3 is 0 Å². The Morgan fingerprint density at radius 2 is 2.06 bits per heavy atom. The van der Waals surface area contributed by atoms with Gasteiger partial charge < -0.3 is 0 Å². The molecule has 1 rings (SSSR count). The molecule has 0 aliphatic heterocycles. The molecule has 0 saturated carbocycles. The molecule has 0 radical (unpaired) electrons. The van der Waals surface area contributed by atoms with Crippen LogP contribution in [0.1, 0.15) is 37.6 Å². The molecule has 0 spiro atoms. The summed E-state index contributed by atoms with van der Waals surface area (Å²) in [5.74, 6) is 0.121. The molecule has 0 amide bonds. The van der Waals surface area contributed by atoms with Crippen LogP contribution >= 0.6 is 11.6 Å². The van der Waals surface area contributed by atoms with E-state index in [1.54, 1.807) is 12.1 Å². The molecule has 0 fully saturated rings. The topological polar surface area (TPSA) is 20.3 Å². The molecular formula is C14H20ClNO. The summed E-state index contributed by atoms with van der Waals surface area (Å²) in [6.45, 7) is 6.19. The summed E-state index contributed by atoms with van der Waals surface area (Å²) < 4.78 is 0. The highest BCUT2D eigenvalue weighted by Crippen LogP contribution is 2.15. The minimum Gasteiger partial charge on any atom is -0.294 e. The predicted octanol–water partition coefficient (Wildman–Crippen LogP) is 3.64. The lowest BCUT2D eigenvalue weighted by Crippen LogP contribution is -2.41. The fourth-order valence-corrected chi connectivity index (χ4v) is 1.93. The Hall–Kier alpha value is -0.860. The molecule has 0 bridgehead atoms. The zero-order chi connectivity index (χ0) is 13.0. The van der Waals surface area contributed by atoms with Crippen LogP contribution in [0.5, 0.6) is 0 Å². The van der Waals surface area contributed by atoms with Crippen molar-refractivity contribution in [3.05, 3.63) is 34.9 Å². The molecular weight excluding hydrogens is 234 g/mol. The lowest BCUT2D eigenvalue weighted by atomic mass is 10.0. The highest BCUT2D eigenvalue weighted by Gasteiger charge is 2.22. The Kier molecular flexibility index (Phi) is 5.16. The third kappa shape index (κ3) is 3.55. The van der Waals surface area contributed by atoms with Gasteiger partial charge in [0.25, 0.3) is 0 Å². The van der Waals surface area contributed by atoms with Crippen LogP contribution < -0.4 is 0 Å². The summed E-state index contributed by atoms with van der Waals surface area (Å²) >= 11 is 5.90. The van der Waals surface area contributed by atoms with Gasteiger partial charge in [0, 0.05) is 16.6 Å². The summed E-state index contributed by atoms with van der Waals surface area (Å²) in [7, 11) is 1.99. The zero-order valence-corrected chi connectivity index (χ0v) is 11.7. The largest absolute Gasteiger partial charge is 0.294 e. The number of hydrogen-bond donors (Lipinski definition) is 0. The summed E-state index contributed by atoms with van der Waals surface area (Å²) in [5, 5.41) is 0.606. The first kappa shape index (κ1) is 14.2. The van der Waals surface area contributed by atoms with E-state index in [4.69, 9.17) is 11.6 Å². The second-order valence-corrected chi connectivity index (χ2v) is 4.91. The molecule has 1 aromatic rings. The van der Waals surface area contributed by atoms with Crippen molar-refractivity contribution >= 4 is 17.4 Å². The molecule has 2 atom stereocenters. The van der Waals surface area contributed by atoms with Gasteiger partial charge in [0.15, 0.2) is 5.78 Å². The number of benzene rings is 1. The van der Waals surface area contributed by atoms with Gasteiger partial charge in [-0.25, -0.2) is 0 Å². The van der Waals surface area contributed by atoms with Gasteiger partial charge in [0.2, 0.25) is 0 Å². The van der Waals surface area contributed by atoms with Crippen LogP contribution in [0.15, 0.2) is 24.3 Å². The monoisotopic (exact) mass is 253 g/mol. The van der Waals surface area contributed by atoms with Crippen molar-refractivity contribution in [3.63, 3.8) is 0 Å². The van der Waals surface area contributed by atoms with Crippen molar-refractivity contribution in [1.29, 1.82) is 0 Å². The average Bonchev–Trinajstić information content (AvgIpc) is 2.35. The summed E-state index contributed by atoms with van der Waals surface area (Å²) in [5.41, 5.74) is 0.681. The molecule has 2 nitrogen and oxygen atoms in total. The lowest BCUT2D eigenvalue weighted by Gasteiger charge is -2.29. The Labute approximate surface area is 109 Å². The third-order valence-electron chi connectivity index (χ3n) is 3.39. The molecule has 0 aromatic heterocycles. The lowest BCUT2D eigenvalue weighted by molar-refractivity contribution is 0.0824. The Balaban J connectivity index is 2.83. The van der Waals surface area contributed by atoms with Crippen LogP contribution in [-0.4, -0.2) is 29.8 Å². The molecule has 1 aromatic carbocycles. The number of ketones is 1. The van der Waals surface area contributed by atoms with Gasteiger partial charge in [-0.2, -0.15) is 0 Å². The van der Waals surface area contributed by atoms with Gasteiger partial charge in [0.05, 0.1) is 6.04 Å². The zero-order valence-electron chi connectivity index (χ0n) is 10.9. The second kappa shape index (κ2) is 6.18. The molecule has 0 aliphatic rings. The summed E-state index contributed by atoms with van der Waals surface area (Å²) in [4.78, 5) is 14.4. The number of carbonyl (C=O) groups excluding carboxylic acids is 1. The van der Waals surface area contributed by atoms with Crippen molar-refractivity contribution in [3.8, 4) is 0 Å². The fraction of sp³-hybridized carbons (Fsp3) is 0.500. The number of likely N-dealkylation sites (N-methyl/N-ethyl adjacent to an activating group) is 1. The van der Waals surface area contributed by atoms with Crippen LogP contribution in [0.4, 0.5) is 0 Å². The van der Waals surface area contributed by atoms with Crippen molar-refractivity contribution in [1.82, 2.24) is 4.90 Å². The maximum Gasteiger partial charge on any atom is 0.179 e. The Bertz CT molecular complexity index is 392. The molecule has 0 heterocycles. The normalized spacial score (nSPS) is 14.7. The van der Waals surface area contributed by atoms with Crippen LogP contribution in [0, 0.1) is 0 Å². The predicted molar refractivity (Wildman–Crippen MR) is 72.8 cm³/mol. The molecule has 94 valence electrons. The average molecular weight is 254 g/mol. The van der Waals surface area contributed by atoms with Gasteiger partial charge in [-0.15, -0.1) is 0 Å². The van der Waals surface area contributed by atoms with E-state index in [1.807, 2.05) is 26.1 Å². The maximum absolute atomic E-state index is 12.3. The standard InChI is InChI=1S/C14H20ClNO/c1-5-10(2)16(4)11(3)14(17)12-7-6-8-13(15)9-12/h6-11H,5H2,1-4H3. The smallest absolute Gasteiger partial charge is 0.179 e. The van der Waals surface area contributed by atoms with Crippen LogP contribution in [0.2, 0.25) is 5.02 Å². The van der Waals surface area contributed by atoms with E-state index in [-0.39, 0.29) is 11.8 Å². The first-order chi connectivity index (χ1) is 7.97. The minimum atomic E-state index is -0.122. The van der Waals surface area contributed by atoms with E-state index in [1.165, 1.54) is 0 Å². The molecule has 2 unspecified atom stereocenters. The summed E-state index contributed by atoms with van der Waals surface area (Å²) in [6.07, 6.45) is 1.03. The van der Waals surface area contributed by atoms with Crippen molar-refractivity contribution in [2.75, 3.05) is 7.05 Å². The van der Waals surface area contributed by atoms with E-state index in [0.717, 1.165) is 6.42 Å². The SMILES string of the molecule is CCC(C)N(C)C(C)C(=O)c1cccc(Cl)c1. The molecule has 17 heavy (non-hydrogen) atoms. The quantitative estimate of drug-likeness (QED) is 0.747. The highest BCUT2D eigenvalue weighted by molar-refractivity contribution is 6.31. The van der Waals surface area contributed by atoms with Crippen molar-refractivity contribution in [2.45, 2.75) is 39.3 Å². The van der Waals surface area contributed by atoms with Gasteiger partial charge in [-0.3, -0.25) is 9.69 Å². The van der Waals surface area contributed by atoms with Crippen LogP contribution in [0.3, 0.4) is 0 Å². The Morgan fingerprint density at radius 1 is 1.41 bits per heavy atom. The van der Waals surface area contributed by atoms with Crippen LogP contribution in [0.25, 0.3) is 0 Å². The number of halogens is 1. The fourth-order valence-electron chi connectivity index (χ4n) is 1.74. The number of carbonyl (C=O) groups is 1. The molecule has 0 N–H and O–H groups in total. The number of nitrogens with zero attached hydrogens (tertiary/aromatic N) is 1. The minimum absolute atomic E-state index is 0.121. The third-order valence-corrected chi connectivity index (χ3v) is 3.62. The number of hydrogen-bond acceptors (Lipinski definition) is 2. The maximum atomic E-state index is 12.3. The molecule has 0 saturated heterocycles. The van der Waals surface area contributed by atoms with Gasteiger partial charge in [-0.1, -0.05) is 30.7 Å². The molecule has 3 heteroatoms.